The highest BCUT2D eigenvalue weighted by atomic mass is 16.3. The first-order valence-corrected chi connectivity index (χ1v) is 3.52. The lowest BCUT2D eigenvalue weighted by molar-refractivity contribution is 0.182. The number of aliphatic hydroxyl groups is 1. The van der Waals surface area contributed by atoms with E-state index in [1.54, 1.807) is 12.1 Å². The maximum atomic E-state index is 9.22. The maximum absolute atomic E-state index is 9.22. The molecule has 1 atom stereocenters. The van der Waals surface area contributed by atoms with Crippen LogP contribution in [0.1, 0.15) is 17.4 Å². The number of hydrogen-bond acceptors (Lipinski definition) is 4. The van der Waals surface area contributed by atoms with Gasteiger partial charge in [0.1, 0.15) is 12.2 Å². The molecular formula is C8H9N3O. The maximum Gasteiger partial charge on any atom is 0.108 e. The van der Waals surface area contributed by atoms with Crippen molar-refractivity contribution in [1.29, 1.82) is 5.26 Å². The summed E-state index contributed by atoms with van der Waals surface area (Å²) < 4.78 is 0. The van der Waals surface area contributed by atoms with Crippen LogP contribution in [0.3, 0.4) is 0 Å². The molecular weight excluding hydrogens is 154 g/mol. The van der Waals surface area contributed by atoms with Gasteiger partial charge in [-0.15, -0.1) is 0 Å². The number of pyridine rings is 1. The van der Waals surface area contributed by atoms with Crippen molar-refractivity contribution >= 4 is 0 Å². The molecule has 0 radical (unpaired) electrons. The van der Waals surface area contributed by atoms with Crippen molar-refractivity contribution in [3.63, 3.8) is 0 Å². The predicted octanol–water partition coefficient (Wildman–Crippen LogP) is -0.0546. The van der Waals surface area contributed by atoms with Crippen LogP contribution in [0.5, 0.6) is 0 Å². The zero-order valence-corrected chi connectivity index (χ0v) is 6.44. The van der Waals surface area contributed by atoms with E-state index in [-0.39, 0.29) is 6.54 Å². The molecule has 62 valence electrons. The second-order valence-electron chi connectivity index (χ2n) is 2.34. The summed E-state index contributed by atoms with van der Waals surface area (Å²) in [6, 6.07) is 5.13. The number of hydrogen-bond donors (Lipinski definition) is 2. The van der Waals surface area contributed by atoms with Crippen molar-refractivity contribution < 1.29 is 5.11 Å². The molecule has 1 aromatic rings. The van der Waals surface area contributed by atoms with Gasteiger partial charge in [0.2, 0.25) is 0 Å². The average molecular weight is 163 g/mol. The molecule has 0 fully saturated rings. The van der Waals surface area contributed by atoms with E-state index in [9.17, 15) is 5.11 Å². The summed E-state index contributed by atoms with van der Waals surface area (Å²) in [5.41, 5.74) is 6.19. The third-order valence-electron chi connectivity index (χ3n) is 1.48. The third kappa shape index (κ3) is 1.78. The lowest BCUT2D eigenvalue weighted by atomic mass is 10.2. The summed E-state index contributed by atoms with van der Waals surface area (Å²) in [4.78, 5) is 3.87. The second kappa shape index (κ2) is 3.81. The fraction of sp³-hybridized carbons (Fsp3) is 0.250. The van der Waals surface area contributed by atoms with Gasteiger partial charge < -0.3 is 10.8 Å². The zero-order valence-electron chi connectivity index (χ0n) is 6.44. The number of aromatic nitrogens is 1. The molecule has 0 aliphatic heterocycles. The Balaban J connectivity index is 2.86. The standard InChI is InChI=1S/C8H9N3O/c9-3-6-1-2-7(11-5-6)8(12)4-10/h1-2,5,8,12H,4,10H2. The quantitative estimate of drug-likeness (QED) is 0.640. The van der Waals surface area contributed by atoms with Crippen LogP contribution in [0.2, 0.25) is 0 Å². The Bertz CT molecular complexity index is 288. The summed E-state index contributed by atoms with van der Waals surface area (Å²) in [5, 5.41) is 17.7. The zero-order chi connectivity index (χ0) is 8.97. The van der Waals surface area contributed by atoms with Crippen molar-refractivity contribution in [2.75, 3.05) is 6.54 Å². The minimum Gasteiger partial charge on any atom is -0.385 e. The first-order valence-electron chi connectivity index (χ1n) is 3.52. The minimum atomic E-state index is -0.738. The monoisotopic (exact) mass is 163 g/mol. The van der Waals surface area contributed by atoms with Crippen molar-refractivity contribution in [2.24, 2.45) is 5.73 Å². The number of aliphatic hydroxyl groups excluding tert-OH is 1. The van der Waals surface area contributed by atoms with Gasteiger partial charge in [-0.25, -0.2) is 0 Å². The third-order valence-corrected chi connectivity index (χ3v) is 1.48. The van der Waals surface area contributed by atoms with Gasteiger partial charge in [0, 0.05) is 12.7 Å². The largest absolute Gasteiger partial charge is 0.385 e. The van der Waals surface area contributed by atoms with Gasteiger partial charge in [0.15, 0.2) is 0 Å². The second-order valence-corrected chi connectivity index (χ2v) is 2.34. The molecule has 0 saturated heterocycles. The Kier molecular flexibility index (Phi) is 2.75. The number of nitriles is 1. The van der Waals surface area contributed by atoms with Crippen LogP contribution in [0.4, 0.5) is 0 Å². The molecule has 1 rings (SSSR count). The molecule has 0 saturated carbocycles. The van der Waals surface area contributed by atoms with Crippen LogP contribution in [0.25, 0.3) is 0 Å². The molecule has 1 aromatic heterocycles. The number of nitrogens with two attached hydrogens (primary N) is 1. The molecule has 1 unspecified atom stereocenters. The van der Waals surface area contributed by atoms with Gasteiger partial charge in [-0.3, -0.25) is 4.98 Å². The van der Waals surface area contributed by atoms with Gasteiger partial charge >= 0.3 is 0 Å². The average Bonchev–Trinajstić information content (AvgIpc) is 2.17. The number of rotatable bonds is 2. The molecule has 3 N–H and O–H groups in total. The molecule has 4 heteroatoms. The highest BCUT2D eigenvalue weighted by Crippen LogP contribution is 2.07. The highest BCUT2D eigenvalue weighted by Gasteiger charge is 2.05. The van der Waals surface area contributed by atoms with E-state index in [2.05, 4.69) is 4.98 Å². The fourth-order valence-electron chi connectivity index (χ4n) is 0.789. The summed E-state index contributed by atoms with van der Waals surface area (Å²) in [7, 11) is 0. The first-order chi connectivity index (χ1) is 5.77. The Labute approximate surface area is 70.3 Å². The van der Waals surface area contributed by atoms with Crippen molar-refractivity contribution in [2.45, 2.75) is 6.10 Å². The van der Waals surface area contributed by atoms with Crippen LogP contribution in [-0.2, 0) is 0 Å². The predicted molar refractivity (Wildman–Crippen MR) is 43.0 cm³/mol. The Morgan fingerprint density at radius 3 is 2.83 bits per heavy atom. The summed E-state index contributed by atoms with van der Waals surface area (Å²) in [6.07, 6.45) is 0.673. The van der Waals surface area contributed by atoms with Crippen LogP contribution >= 0.6 is 0 Å². The number of nitrogens with zero attached hydrogens (tertiary/aromatic N) is 2. The molecule has 0 spiro atoms. The normalized spacial score (nSPS) is 12.1. The molecule has 1 heterocycles. The SMILES string of the molecule is N#Cc1ccc(C(O)CN)nc1. The lowest BCUT2D eigenvalue weighted by Crippen LogP contribution is -2.12. The lowest BCUT2D eigenvalue weighted by Gasteiger charge is -2.05. The van der Waals surface area contributed by atoms with Crippen LogP contribution in [-0.4, -0.2) is 16.6 Å². The molecule has 4 nitrogen and oxygen atoms in total. The highest BCUT2D eigenvalue weighted by molar-refractivity contribution is 5.26. The molecule has 12 heavy (non-hydrogen) atoms. The van der Waals surface area contributed by atoms with E-state index in [4.69, 9.17) is 11.0 Å². The molecule has 0 bridgehead atoms. The summed E-state index contributed by atoms with van der Waals surface area (Å²) in [6.45, 7) is 0.138. The topological polar surface area (TPSA) is 82.9 Å². The molecule has 0 aliphatic rings. The first kappa shape index (κ1) is 8.65. The minimum absolute atomic E-state index is 0.138. The van der Waals surface area contributed by atoms with Gasteiger partial charge in [-0.1, -0.05) is 0 Å². The molecule has 0 amide bonds. The van der Waals surface area contributed by atoms with Crippen LogP contribution in [0.15, 0.2) is 18.3 Å². The van der Waals surface area contributed by atoms with Gasteiger partial charge in [0.05, 0.1) is 11.3 Å². The van der Waals surface area contributed by atoms with Crippen molar-refractivity contribution in [3.8, 4) is 6.07 Å². The van der Waals surface area contributed by atoms with Gasteiger partial charge in [-0.2, -0.15) is 5.26 Å². The van der Waals surface area contributed by atoms with Crippen LogP contribution < -0.4 is 5.73 Å². The Morgan fingerprint density at radius 2 is 2.42 bits per heavy atom. The van der Waals surface area contributed by atoms with Gasteiger partial charge in [0.25, 0.3) is 0 Å². The van der Waals surface area contributed by atoms with E-state index in [0.717, 1.165) is 0 Å². The van der Waals surface area contributed by atoms with Crippen molar-refractivity contribution in [1.82, 2.24) is 4.98 Å². The van der Waals surface area contributed by atoms with E-state index in [0.29, 0.717) is 11.3 Å². The summed E-state index contributed by atoms with van der Waals surface area (Å²) in [5.74, 6) is 0. The van der Waals surface area contributed by atoms with Crippen molar-refractivity contribution in [3.05, 3.63) is 29.6 Å². The fourth-order valence-corrected chi connectivity index (χ4v) is 0.789. The molecule has 0 aliphatic carbocycles. The van der Waals surface area contributed by atoms with E-state index < -0.39 is 6.10 Å². The Morgan fingerprint density at radius 1 is 1.67 bits per heavy atom. The smallest absolute Gasteiger partial charge is 0.108 e. The van der Waals surface area contributed by atoms with E-state index >= 15 is 0 Å². The van der Waals surface area contributed by atoms with E-state index in [1.807, 2.05) is 6.07 Å². The van der Waals surface area contributed by atoms with Gasteiger partial charge in [-0.05, 0) is 12.1 Å². The Hall–Kier alpha value is -1.44. The van der Waals surface area contributed by atoms with E-state index in [1.165, 1.54) is 6.20 Å². The van der Waals surface area contributed by atoms with Crippen LogP contribution in [0, 0.1) is 11.3 Å². The summed E-state index contributed by atoms with van der Waals surface area (Å²) >= 11 is 0. The molecule has 0 aromatic carbocycles.